The van der Waals surface area contributed by atoms with Crippen molar-refractivity contribution in [2.45, 2.75) is 39.3 Å². The molecule has 0 amide bonds. The molecular formula is C13H23N3O. The van der Waals surface area contributed by atoms with Gasteiger partial charge in [-0.25, -0.2) is 0 Å². The SMILES string of the molecule is CC(C)CNCc1ccn(C2CCOCC2)n1. The fourth-order valence-electron chi connectivity index (χ4n) is 2.11. The van der Waals surface area contributed by atoms with E-state index in [1.165, 1.54) is 0 Å². The number of nitrogens with zero attached hydrogens (tertiary/aromatic N) is 2. The van der Waals surface area contributed by atoms with Gasteiger partial charge in [-0.1, -0.05) is 13.8 Å². The summed E-state index contributed by atoms with van der Waals surface area (Å²) in [4.78, 5) is 0. The van der Waals surface area contributed by atoms with Crippen molar-refractivity contribution in [2.24, 2.45) is 5.92 Å². The summed E-state index contributed by atoms with van der Waals surface area (Å²) >= 11 is 0. The molecular weight excluding hydrogens is 214 g/mol. The average molecular weight is 237 g/mol. The van der Waals surface area contributed by atoms with Crippen LogP contribution in [-0.4, -0.2) is 29.5 Å². The van der Waals surface area contributed by atoms with E-state index in [1.54, 1.807) is 0 Å². The third-order valence-corrected chi connectivity index (χ3v) is 3.09. The molecule has 0 atom stereocenters. The van der Waals surface area contributed by atoms with Crippen molar-refractivity contribution in [2.75, 3.05) is 19.8 Å². The first kappa shape index (κ1) is 12.6. The number of aromatic nitrogens is 2. The molecule has 0 aliphatic carbocycles. The molecule has 4 heteroatoms. The molecule has 1 aromatic rings. The Bertz CT molecular complexity index is 329. The Morgan fingerprint density at radius 1 is 1.47 bits per heavy atom. The van der Waals surface area contributed by atoms with Gasteiger partial charge in [-0.3, -0.25) is 4.68 Å². The van der Waals surface area contributed by atoms with E-state index >= 15 is 0 Å². The van der Waals surface area contributed by atoms with E-state index in [1.807, 2.05) is 0 Å². The molecule has 0 radical (unpaired) electrons. The third kappa shape index (κ3) is 3.82. The van der Waals surface area contributed by atoms with Crippen LogP contribution in [0.15, 0.2) is 12.3 Å². The molecule has 0 unspecified atom stereocenters. The Balaban J connectivity index is 1.82. The lowest BCUT2D eigenvalue weighted by molar-refractivity contribution is 0.0661. The average Bonchev–Trinajstić information content (AvgIpc) is 2.78. The van der Waals surface area contributed by atoms with Crippen LogP contribution in [0, 0.1) is 5.92 Å². The predicted octanol–water partition coefficient (Wildman–Crippen LogP) is 1.98. The topological polar surface area (TPSA) is 39.1 Å². The maximum absolute atomic E-state index is 5.37. The van der Waals surface area contributed by atoms with Gasteiger partial charge in [0.05, 0.1) is 11.7 Å². The summed E-state index contributed by atoms with van der Waals surface area (Å²) in [6, 6.07) is 2.64. The summed E-state index contributed by atoms with van der Waals surface area (Å²) in [5, 5.41) is 8.05. The summed E-state index contributed by atoms with van der Waals surface area (Å²) in [5.41, 5.74) is 1.14. The highest BCUT2D eigenvalue weighted by atomic mass is 16.5. The van der Waals surface area contributed by atoms with Gasteiger partial charge in [0.1, 0.15) is 0 Å². The van der Waals surface area contributed by atoms with Gasteiger partial charge in [0.25, 0.3) is 0 Å². The Hall–Kier alpha value is -0.870. The second-order valence-corrected chi connectivity index (χ2v) is 5.16. The smallest absolute Gasteiger partial charge is 0.0762 e. The number of ether oxygens (including phenoxy) is 1. The van der Waals surface area contributed by atoms with E-state index in [-0.39, 0.29) is 0 Å². The van der Waals surface area contributed by atoms with E-state index in [0.717, 1.165) is 44.8 Å². The van der Waals surface area contributed by atoms with E-state index < -0.39 is 0 Å². The van der Waals surface area contributed by atoms with Gasteiger partial charge in [-0.05, 0) is 31.4 Å². The van der Waals surface area contributed by atoms with Crippen molar-refractivity contribution in [3.05, 3.63) is 18.0 Å². The molecule has 1 N–H and O–H groups in total. The number of hydrogen-bond donors (Lipinski definition) is 1. The molecule has 17 heavy (non-hydrogen) atoms. The van der Waals surface area contributed by atoms with Crippen LogP contribution < -0.4 is 5.32 Å². The van der Waals surface area contributed by atoms with Gasteiger partial charge in [0, 0.05) is 26.0 Å². The zero-order valence-corrected chi connectivity index (χ0v) is 10.9. The van der Waals surface area contributed by atoms with Crippen LogP contribution in [-0.2, 0) is 11.3 Å². The monoisotopic (exact) mass is 237 g/mol. The maximum atomic E-state index is 5.37. The molecule has 0 aromatic carbocycles. The van der Waals surface area contributed by atoms with Crippen LogP contribution in [0.1, 0.15) is 38.4 Å². The fourth-order valence-corrected chi connectivity index (χ4v) is 2.11. The highest BCUT2D eigenvalue weighted by Gasteiger charge is 2.16. The van der Waals surface area contributed by atoms with E-state index in [0.29, 0.717) is 12.0 Å². The molecule has 96 valence electrons. The van der Waals surface area contributed by atoms with Gasteiger partial charge >= 0.3 is 0 Å². The molecule has 1 aliphatic heterocycles. The lowest BCUT2D eigenvalue weighted by Crippen LogP contribution is -2.21. The van der Waals surface area contributed by atoms with Crippen molar-refractivity contribution in [3.8, 4) is 0 Å². The number of nitrogens with one attached hydrogen (secondary N) is 1. The molecule has 2 rings (SSSR count). The lowest BCUT2D eigenvalue weighted by atomic mass is 10.1. The van der Waals surface area contributed by atoms with Crippen LogP contribution in [0.2, 0.25) is 0 Å². The minimum atomic E-state index is 0.530. The van der Waals surface area contributed by atoms with Crippen LogP contribution in [0.5, 0.6) is 0 Å². The second kappa shape index (κ2) is 6.17. The Kier molecular flexibility index (Phi) is 4.57. The van der Waals surface area contributed by atoms with Gasteiger partial charge in [0.2, 0.25) is 0 Å². The molecule has 1 aromatic heterocycles. The van der Waals surface area contributed by atoms with Crippen molar-refractivity contribution < 1.29 is 4.74 Å². The molecule has 4 nitrogen and oxygen atoms in total. The van der Waals surface area contributed by atoms with Crippen LogP contribution in [0.4, 0.5) is 0 Å². The van der Waals surface area contributed by atoms with Gasteiger partial charge in [-0.2, -0.15) is 5.10 Å². The standard InChI is InChI=1S/C13H23N3O/c1-11(2)9-14-10-12-3-6-16(15-12)13-4-7-17-8-5-13/h3,6,11,13-14H,4-5,7-10H2,1-2H3. The summed E-state index contributed by atoms with van der Waals surface area (Å²) in [7, 11) is 0. The van der Waals surface area contributed by atoms with Gasteiger partial charge in [-0.15, -0.1) is 0 Å². The molecule has 1 fully saturated rings. The Morgan fingerprint density at radius 2 is 2.24 bits per heavy atom. The highest BCUT2D eigenvalue weighted by molar-refractivity contribution is 4.99. The number of rotatable bonds is 5. The van der Waals surface area contributed by atoms with Gasteiger partial charge in [0.15, 0.2) is 0 Å². The molecule has 1 aliphatic rings. The molecule has 0 saturated carbocycles. The third-order valence-electron chi connectivity index (χ3n) is 3.09. The zero-order chi connectivity index (χ0) is 12.1. The Morgan fingerprint density at radius 3 is 2.94 bits per heavy atom. The second-order valence-electron chi connectivity index (χ2n) is 5.16. The van der Waals surface area contributed by atoms with Gasteiger partial charge < -0.3 is 10.1 Å². The molecule has 2 heterocycles. The van der Waals surface area contributed by atoms with E-state index in [4.69, 9.17) is 4.74 Å². The minimum Gasteiger partial charge on any atom is -0.381 e. The highest BCUT2D eigenvalue weighted by Crippen LogP contribution is 2.19. The van der Waals surface area contributed by atoms with Crippen LogP contribution in [0.25, 0.3) is 0 Å². The Labute approximate surface area is 103 Å². The quantitative estimate of drug-likeness (QED) is 0.851. The van der Waals surface area contributed by atoms with Crippen molar-refractivity contribution in [1.82, 2.24) is 15.1 Å². The first-order valence-electron chi connectivity index (χ1n) is 6.58. The van der Waals surface area contributed by atoms with Crippen LogP contribution in [0.3, 0.4) is 0 Å². The van der Waals surface area contributed by atoms with E-state index in [9.17, 15) is 0 Å². The zero-order valence-electron chi connectivity index (χ0n) is 10.9. The minimum absolute atomic E-state index is 0.530. The lowest BCUT2D eigenvalue weighted by Gasteiger charge is -2.22. The summed E-state index contributed by atoms with van der Waals surface area (Å²) < 4.78 is 7.47. The number of hydrogen-bond acceptors (Lipinski definition) is 3. The first-order chi connectivity index (χ1) is 8.25. The van der Waals surface area contributed by atoms with Crippen molar-refractivity contribution in [3.63, 3.8) is 0 Å². The normalized spacial score (nSPS) is 17.8. The van der Waals surface area contributed by atoms with Crippen molar-refractivity contribution in [1.29, 1.82) is 0 Å². The summed E-state index contributed by atoms with van der Waals surface area (Å²) in [5.74, 6) is 0.688. The predicted molar refractivity (Wildman–Crippen MR) is 67.9 cm³/mol. The van der Waals surface area contributed by atoms with Crippen molar-refractivity contribution >= 4 is 0 Å². The van der Waals surface area contributed by atoms with E-state index in [2.05, 4.69) is 41.2 Å². The summed E-state index contributed by atoms with van der Waals surface area (Å²) in [6.45, 7) is 8.08. The molecule has 0 bridgehead atoms. The maximum Gasteiger partial charge on any atom is 0.0762 e. The molecule has 0 spiro atoms. The first-order valence-corrected chi connectivity index (χ1v) is 6.58. The fraction of sp³-hybridized carbons (Fsp3) is 0.769. The summed E-state index contributed by atoms with van der Waals surface area (Å²) in [6.07, 6.45) is 4.27. The van der Waals surface area contributed by atoms with Crippen LogP contribution >= 0.6 is 0 Å². The largest absolute Gasteiger partial charge is 0.381 e. The molecule has 1 saturated heterocycles.